The van der Waals surface area contributed by atoms with E-state index in [0.717, 1.165) is 5.69 Å². The lowest BCUT2D eigenvalue weighted by molar-refractivity contribution is 0.102. The molecule has 0 saturated heterocycles. The Morgan fingerprint density at radius 3 is 2.46 bits per heavy atom. The zero-order chi connectivity index (χ0) is 16.8. The first-order chi connectivity index (χ1) is 11.7. The molecule has 0 spiro atoms. The van der Waals surface area contributed by atoms with Gasteiger partial charge in [0.1, 0.15) is 5.82 Å². The van der Waals surface area contributed by atoms with Crippen molar-refractivity contribution < 1.29 is 4.79 Å². The van der Waals surface area contributed by atoms with E-state index in [-0.39, 0.29) is 5.91 Å². The number of carbonyl (C=O) groups excluding carboxylic acids is 1. The number of anilines is 2. The molecule has 1 heterocycles. The second kappa shape index (κ2) is 8.15. The molecule has 0 aliphatic heterocycles. The summed E-state index contributed by atoms with van der Waals surface area (Å²) in [5.74, 6) is 0.268. The number of halogens is 1. The Balaban J connectivity index is 1.60. The van der Waals surface area contributed by atoms with Gasteiger partial charge in [-0.3, -0.25) is 4.79 Å². The van der Waals surface area contributed by atoms with Crippen molar-refractivity contribution in [2.75, 3.05) is 10.6 Å². The highest BCUT2D eigenvalue weighted by atomic mass is 35.5. The molecule has 24 heavy (non-hydrogen) atoms. The van der Waals surface area contributed by atoms with Crippen LogP contribution in [-0.4, -0.2) is 16.9 Å². The van der Waals surface area contributed by atoms with Crippen LogP contribution in [0.3, 0.4) is 0 Å². The van der Waals surface area contributed by atoms with E-state index in [1.54, 1.807) is 30.5 Å². The number of hydrogen-bond donors (Lipinski definition) is 2. The minimum atomic E-state index is -0.252. The number of rotatable bonds is 4. The van der Waals surface area contributed by atoms with Crippen LogP contribution in [0.25, 0.3) is 0 Å². The van der Waals surface area contributed by atoms with Gasteiger partial charge in [0.05, 0.1) is 22.5 Å². The zero-order valence-corrected chi connectivity index (χ0v) is 14.4. The Bertz CT molecular complexity index is 679. The highest BCUT2D eigenvalue weighted by Gasteiger charge is 2.13. The van der Waals surface area contributed by atoms with Gasteiger partial charge in [0.2, 0.25) is 0 Å². The third-order valence-electron chi connectivity index (χ3n) is 4.35. The lowest BCUT2D eigenvalue weighted by Crippen LogP contribution is -2.18. The fraction of sp³-hybridized carbons (Fsp3) is 0.368. The van der Waals surface area contributed by atoms with Crippen molar-refractivity contribution in [3.8, 4) is 0 Å². The van der Waals surface area contributed by atoms with Gasteiger partial charge in [0.25, 0.3) is 5.91 Å². The molecule has 0 atom stereocenters. The van der Waals surface area contributed by atoms with Gasteiger partial charge in [-0.15, -0.1) is 0 Å². The van der Waals surface area contributed by atoms with Crippen LogP contribution in [0.2, 0.25) is 5.02 Å². The summed E-state index contributed by atoms with van der Waals surface area (Å²) in [6, 6.07) is 11.3. The highest BCUT2D eigenvalue weighted by Crippen LogP contribution is 2.22. The van der Waals surface area contributed by atoms with Crippen LogP contribution in [0, 0.1) is 0 Å². The molecule has 0 bridgehead atoms. The van der Waals surface area contributed by atoms with E-state index in [0.29, 0.717) is 22.4 Å². The number of aromatic nitrogens is 1. The van der Waals surface area contributed by atoms with Crippen LogP contribution in [0.4, 0.5) is 11.5 Å². The van der Waals surface area contributed by atoms with E-state index < -0.39 is 0 Å². The van der Waals surface area contributed by atoms with Crippen molar-refractivity contribution in [3.63, 3.8) is 0 Å². The average Bonchev–Trinajstić information content (AvgIpc) is 2.86. The van der Waals surface area contributed by atoms with Crippen LogP contribution >= 0.6 is 11.6 Å². The van der Waals surface area contributed by atoms with Gasteiger partial charge in [-0.05, 0) is 37.1 Å². The molecule has 1 aromatic heterocycles. The van der Waals surface area contributed by atoms with Crippen molar-refractivity contribution in [1.29, 1.82) is 0 Å². The number of nitrogens with zero attached hydrogens (tertiary/aromatic N) is 1. The lowest BCUT2D eigenvalue weighted by Gasteiger charge is -2.17. The Morgan fingerprint density at radius 1 is 1.04 bits per heavy atom. The standard InChI is InChI=1S/C19H22ClN3O/c20-17-10-6-5-9-16(17)19(24)23-18-12-11-15(13-21-18)22-14-7-3-1-2-4-8-14/h5-6,9-14,22H,1-4,7-8H2,(H,21,23,24). The molecular formula is C19H22ClN3O. The van der Waals surface area contributed by atoms with Gasteiger partial charge in [0.15, 0.2) is 0 Å². The summed E-state index contributed by atoms with van der Waals surface area (Å²) in [6.07, 6.45) is 9.45. The Labute approximate surface area is 147 Å². The van der Waals surface area contributed by atoms with E-state index in [9.17, 15) is 4.79 Å². The molecule has 1 aliphatic carbocycles. The molecule has 1 fully saturated rings. The number of benzene rings is 1. The first-order valence-corrected chi connectivity index (χ1v) is 8.88. The van der Waals surface area contributed by atoms with Crippen molar-refractivity contribution in [2.24, 2.45) is 0 Å². The number of hydrogen-bond acceptors (Lipinski definition) is 3. The quantitative estimate of drug-likeness (QED) is 0.757. The lowest BCUT2D eigenvalue weighted by atomic mass is 10.1. The van der Waals surface area contributed by atoms with Gasteiger partial charge in [0, 0.05) is 6.04 Å². The molecule has 3 rings (SSSR count). The van der Waals surface area contributed by atoms with Gasteiger partial charge in [-0.2, -0.15) is 0 Å². The smallest absolute Gasteiger partial charge is 0.258 e. The van der Waals surface area contributed by atoms with Crippen LogP contribution in [-0.2, 0) is 0 Å². The van der Waals surface area contributed by atoms with Crippen molar-refractivity contribution in [1.82, 2.24) is 4.98 Å². The van der Waals surface area contributed by atoms with Gasteiger partial charge >= 0.3 is 0 Å². The minimum absolute atomic E-state index is 0.252. The Kier molecular flexibility index (Phi) is 5.70. The molecule has 1 saturated carbocycles. The number of pyridine rings is 1. The summed E-state index contributed by atoms with van der Waals surface area (Å²) in [6.45, 7) is 0. The molecule has 0 unspecified atom stereocenters. The number of nitrogens with one attached hydrogen (secondary N) is 2. The Morgan fingerprint density at radius 2 is 1.79 bits per heavy atom. The number of carbonyl (C=O) groups is 1. The van der Waals surface area contributed by atoms with E-state index in [1.165, 1.54) is 38.5 Å². The van der Waals surface area contributed by atoms with Crippen LogP contribution in [0.1, 0.15) is 48.9 Å². The summed E-state index contributed by atoms with van der Waals surface area (Å²) < 4.78 is 0. The zero-order valence-electron chi connectivity index (χ0n) is 13.6. The summed E-state index contributed by atoms with van der Waals surface area (Å²) in [4.78, 5) is 16.5. The predicted octanol–water partition coefficient (Wildman–Crippen LogP) is 5.12. The molecule has 5 heteroatoms. The largest absolute Gasteiger partial charge is 0.381 e. The van der Waals surface area contributed by atoms with Crippen LogP contribution < -0.4 is 10.6 Å². The summed E-state index contributed by atoms with van der Waals surface area (Å²) >= 11 is 6.04. The summed E-state index contributed by atoms with van der Waals surface area (Å²) in [7, 11) is 0. The molecule has 1 aliphatic rings. The average molecular weight is 344 g/mol. The highest BCUT2D eigenvalue weighted by molar-refractivity contribution is 6.34. The van der Waals surface area contributed by atoms with E-state index in [1.807, 2.05) is 12.1 Å². The fourth-order valence-corrected chi connectivity index (χ4v) is 3.26. The molecule has 4 nitrogen and oxygen atoms in total. The second-order valence-electron chi connectivity index (χ2n) is 6.20. The monoisotopic (exact) mass is 343 g/mol. The van der Waals surface area contributed by atoms with E-state index in [2.05, 4.69) is 15.6 Å². The molecule has 0 radical (unpaired) electrons. The third-order valence-corrected chi connectivity index (χ3v) is 4.68. The molecule has 1 aromatic carbocycles. The van der Waals surface area contributed by atoms with Crippen LogP contribution in [0.5, 0.6) is 0 Å². The summed E-state index contributed by atoms with van der Waals surface area (Å²) in [5.41, 5.74) is 1.44. The molecule has 126 valence electrons. The van der Waals surface area contributed by atoms with Gasteiger partial charge in [-0.25, -0.2) is 4.98 Å². The van der Waals surface area contributed by atoms with Gasteiger partial charge in [-0.1, -0.05) is 49.4 Å². The maximum absolute atomic E-state index is 12.2. The first-order valence-electron chi connectivity index (χ1n) is 8.51. The second-order valence-corrected chi connectivity index (χ2v) is 6.61. The topological polar surface area (TPSA) is 54.0 Å². The SMILES string of the molecule is O=C(Nc1ccc(NC2CCCCCC2)cn1)c1ccccc1Cl. The Hall–Kier alpha value is -2.07. The normalized spacial score (nSPS) is 15.5. The fourth-order valence-electron chi connectivity index (χ4n) is 3.04. The molecular weight excluding hydrogens is 322 g/mol. The maximum atomic E-state index is 12.2. The van der Waals surface area contributed by atoms with Crippen LogP contribution in [0.15, 0.2) is 42.6 Å². The first kappa shape index (κ1) is 16.8. The summed E-state index contributed by atoms with van der Waals surface area (Å²) in [5, 5.41) is 6.76. The van der Waals surface area contributed by atoms with Crippen molar-refractivity contribution in [3.05, 3.63) is 53.2 Å². The third kappa shape index (κ3) is 4.48. The van der Waals surface area contributed by atoms with E-state index in [4.69, 9.17) is 11.6 Å². The minimum Gasteiger partial charge on any atom is -0.381 e. The predicted molar refractivity (Wildman–Crippen MR) is 98.8 cm³/mol. The van der Waals surface area contributed by atoms with E-state index >= 15 is 0 Å². The van der Waals surface area contributed by atoms with Gasteiger partial charge < -0.3 is 10.6 Å². The van der Waals surface area contributed by atoms with Crippen molar-refractivity contribution >= 4 is 29.0 Å². The molecule has 1 amide bonds. The van der Waals surface area contributed by atoms with Crippen molar-refractivity contribution in [2.45, 2.75) is 44.6 Å². The molecule has 2 N–H and O–H groups in total. The maximum Gasteiger partial charge on any atom is 0.258 e. The molecule has 2 aromatic rings. The number of amides is 1.